The Morgan fingerprint density at radius 2 is 0.818 bits per heavy atom. The third-order valence-electron chi connectivity index (χ3n) is 7.22. The van der Waals surface area contributed by atoms with Crippen molar-refractivity contribution >= 4 is 28.8 Å². The summed E-state index contributed by atoms with van der Waals surface area (Å²) in [4.78, 5) is 67.0. The lowest BCUT2D eigenvalue weighted by atomic mass is 9.78. The summed E-state index contributed by atoms with van der Waals surface area (Å²) in [5.74, 6) is -1.01. The highest BCUT2D eigenvalue weighted by Crippen LogP contribution is 2.63. The maximum atomic E-state index is 11.4. The highest BCUT2D eigenvalue weighted by atomic mass is 31.2. The molecule has 0 bridgehead atoms. The van der Waals surface area contributed by atoms with E-state index in [-0.39, 0.29) is 32.1 Å². The fraction of sp³-hybridized carbons (Fsp3) is 0.947. The van der Waals surface area contributed by atoms with Crippen molar-refractivity contribution in [3.05, 3.63) is 0 Å². The van der Waals surface area contributed by atoms with E-state index in [0.29, 0.717) is 6.42 Å². The van der Waals surface area contributed by atoms with Gasteiger partial charge in [0.1, 0.15) is 0 Å². The van der Waals surface area contributed by atoms with Crippen molar-refractivity contribution in [2.24, 2.45) is 5.41 Å². The molecule has 0 fully saturated rings. The van der Waals surface area contributed by atoms with Crippen LogP contribution in [0, 0.1) is 5.41 Å². The average molecular weight is 540 g/mol. The lowest BCUT2D eigenvalue weighted by Crippen LogP contribution is -2.37. The molecule has 0 radical (unpaired) electrons. The first-order valence-corrected chi connectivity index (χ1v) is 15.6. The molecule has 7 N–H and O–H groups in total. The van der Waals surface area contributed by atoms with Crippen molar-refractivity contribution in [1.82, 2.24) is 0 Å². The minimum atomic E-state index is -4.41. The van der Waals surface area contributed by atoms with E-state index in [0.717, 1.165) is 0 Å². The smallest absolute Gasteiger partial charge is 0.331 e. The van der Waals surface area contributed by atoms with Gasteiger partial charge in [0.2, 0.25) is 0 Å². The van der Waals surface area contributed by atoms with Gasteiger partial charge in [0, 0.05) is 0 Å². The van der Waals surface area contributed by atoms with Gasteiger partial charge >= 0.3 is 28.8 Å². The molecule has 0 saturated carbocycles. The summed E-state index contributed by atoms with van der Waals surface area (Å²) in [5, 5.41) is 5.03. The molecule has 0 aromatic carbocycles. The second-order valence-electron chi connectivity index (χ2n) is 9.76. The number of rotatable bonds is 12. The van der Waals surface area contributed by atoms with Crippen molar-refractivity contribution in [2.75, 3.05) is 0 Å². The van der Waals surface area contributed by atoms with Crippen LogP contribution in [-0.4, -0.2) is 55.9 Å². The Labute approximate surface area is 196 Å². The maximum Gasteiger partial charge on any atom is 0.331 e. The first-order chi connectivity index (χ1) is 14.4. The van der Waals surface area contributed by atoms with Crippen molar-refractivity contribution in [1.29, 1.82) is 0 Å². The summed E-state index contributed by atoms with van der Waals surface area (Å²) in [6, 6.07) is 0. The Morgan fingerprint density at radius 3 is 0.970 bits per heavy atom. The van der Waals surface area contributed by atoms with E-state index in [1.807, 2.05) is 0 Å². The molecule has 200 valence electrons. The maximum absolute atomic E-state index is 11.4. The van der Waals surface area contributed by atoms with Gasteiger partial charge in [-0.05, 0) is 66.2 Å². The van der Waals surface area contributed by atoms with Gasteiger partial charge in [0.05, 0.1) is 20.9 Å². The van der Waals surface area contributed by atoms with Gasteiger partial charge in [0.25, 0.3) is 0 Å². The molecule has 0 aliphatic carbocycles. The van der Waals surface area contributed by atoms with Crippen molar-refractivity contribution < 1.29 is 53.0 Å². The van der Waals surface area contributed by atoms with Crippen LogP contribution in [0.1, 0.15) is 93.9 Å². The third kappa shape index (κ3) is 8.82. The van der Waals surface area contributed by atoms with Gasteiger partial charge in [-0.3, -0.25) is 18.5 Å². The van der Waals surface area contributed by atoms with E-state index >= 15 is 0 Å². The Morgan fingerprint density at radius 1 is 0.576 bits per heavy atom. The molecule has 0 saturated heterocycles. The molecule has 0 aromatic rings. The summed E-state index contributed by atoms with van der Waals surface area (Å²) in [5.41, 5.74) is -1.09. The fourth-order valence-corrected chi connectivity index (χ4v) is 6.34. The minimum Gasteiger partial charge on any atom is -0.481 e. The first kappa shape index (κ1) is 35.1. The minimum absolute atomic E-state index is 0.0212. The molecule has 4 atom stereocenters. The molecule has 0 amide bonds. The zero-order chi connectivity index (χ0) is 27.3. The summed E-state index contributed by atoms with van der Waals surface area (Å²) in [6.07, 6.45) is 0.686. The Balaban J connectivity index is 0. The molecule has 4 unspecified atom stereocenters. The Bertz CT molecular complexity index is 767. The SMILES string of the molecule is CCC(C)(CC(C)(CC)P(=O)(O)O)C(=O)O.CCC(C)(CC(C)(CC)P(=O)(O)O)P(=O)(O)O. The lowest BCUT2D eigenvalue weighted by molar-refractivity contribution is -0.149. The van der Waals surface area contributed by atoms with Gasteiger partial charge < -0.3 is 34.5 Å². The molecule has 11 nitrogen and oxygen atoms in total. The van der Waals surface area contributed by atoms with Crippen LogP contribution in [0.2, 0.25) is 0 Å². The molecular weight excluding hydrogens is 497 g/mol. The molecule has 0 spiro atoms. The zero-order valence-electron chi connectivity index (χ0n) is 20.8. The van der Waals surface area contributed by atoms with Gasteiger partial charge in [-0.25, -0.2) is 0 Å². The monoisotopic (exact) mass is 540 g/mol. The van der Waals surface area contributed by atoms with Crippen LogP contribution in [0.3, 0.4) is 0 Å². The number of carboxylic acid groups (broad SMARTS) is 1. The predicted molar refractivity (Wildman–Crippen MR) is 127 cm³/mol. The second kappa shape index (κ2) is 11.8. The van der Waals surface area contributed by atoms with E-state index in [2.05, 4.69) is 0 Å². The van der Waals surface area contributed by atoms with Crippen LogP contribution < -0.4 is 0 Å². The Kier molecular flexibility index (Phi) is 12.5. The van der Waals surface area contributed by atoms with Gasteiger partial charge in [0.15, 0.2) is 0 Å². The van der Waals surface area contributed by atoms with E-state index in [1.54, 1.807) is 27.7 Å². The largest absolute Gasteiger partial charge is 0.481 e. The molecule has 0 aliphatic heterocycles. The van der Waals surface area contributed by atoms with Crippen molar-refractivity contribution in [2.45, 2.75) is 109 Å². The van der Waals surface area contributed by atoms with Gasteiger partial charge in [-0.2, -0.15) is 0 Å². The van der Waals surface area contributed by atoms with E-state index < -0.39 is 49.6 Å². The van der Waals surface area contributed by atoms with Gasteiger partial charge in [-0.15, -0.1) is 0 Å². The summed E-state index contributed by atoms with van der Waals surface area (Å²) < 4.78 is 34.3. The number of hydrogen-bond donors (Lipinski definition) is 7. The number of carboxylic acids is 1. The van der Waals surface area contributed by atoms with Crippen molar-refractivity contribution in [3.8, 4) is 0 Å². The number of carbonyl (C=O) groups is 1. The summed E-state index contributed by atoms with van der Waals surface area (Å²) in [6.45, 7) is 12.3. The standard InChI is InChI=1S/C10H21O5P.C9H22O6P2/c1-5-9(3,8(11)12)7-10(4,6-2)16(13,14)15;1-5-8(3,16(10,11)12)7-9(4,6-2)17(13,14)15/h5-7H2,1-4H3,(H,11,12)(H2,13,14,15);5-7H2,1-4H3,(H2,10,11,12)(H2,13,14,15). The topological polar surface area (TPSA) is 210 Å². The normalized spacial score (nSPS) is 20.3. The number of aliphatic carboxylic acids is 1. The van der Waals surface area contributed by atoms with E-state index in [9.17, 15) is 47.9 Å². The first-order valence-electron chi connectivity index (χ1n) is 10.8. The molecule has 0 heterocycles. The molecule has 0 rings (SSSR count). The highest BCUT2D eigenvalue weighted by molar-refractivity contribution is 7.55. The second-order valence-corrected chi connectivity index (χ2v) is 16.3. The Hall–Kier alpha value is -0.0800. The highest BCUT2D eigenvalue weighted by Gasteiger charge is 2.51. The molecule has 0 aliphatic rings. The average Bonchev–Trinajstić information content (AvgIpc) is 2.65. The summed E-state index contributed by atoms with van der Waals surface area (Å²) >= 11 is 0. The van der Waals surface area contributed by atoms with Crippen LogP contribution >= 0.6 is 22.8 Å². The lowest BCUT2D eigenvalue weighted by Gasteiger charge is -2.38. The van der Waals surface area contributed by atoms with E-state index in [4.69, 9.17) is 5.11 Å². The zero-order valence-corrected chi connectivity index (χ0v) is 23.5. The molecule has 0 aromatic heterocycles. The van der Waals surface area contributed by atoms with Crippen LogP contribution in [0.4, 0.5) is 0 Å². The van der Waals surface area contributed by atoms with Crippen LogP contribution in [0.25, 0.3) is 0 Å². The predicted octanol–water partition coefficient (Wildman–Crippen LogP) is 4.29. The fourth-order valence-electron chi connectivity index (χ4n) is 3.31. The molecule has 14 heteroatoms. The third-order valence-corrected chi connectivity index (χ3v) is 12.9. The van der Waals surface area contributed by atoms with Crippen LogP contribution in [0.5, 0.6) is 0 Å². The van der Waals surface area contributed by atoms with Crippen molar-refractivity contribution in [3.63, 3.8) is 0 Å². The molecule has 33 heavy (non-hydrogen) atoms. The molecular formula is C19H43O11P3. The van der Waals surface area contributed by atoms with Gasteiger partial charge in [-0.1, -0.05) is 27.7 Å². The quantitative estimate of drug-likeness (QED) is 0.174. The summed E-state index contributed by atoms with van der Waals surface area (Å²) in [7, 11) is -13.1. The van der Waals surface area contributed by atoms with Crippen LogP contribution in [0.15, 0.2) is 0 Å². The van der Waals surface area contributed by atoms with E-state index in [1.165, 1.54) is 27.7 Å². The van der Waals surface area contributed by atoms with Crippen LogP contribution in [-0.2, 0) is 18.5 Å². The number of hydrogen-bond acceptors (Lipinski definition) is 4.